The van der Waals surface area contributed by atoms with Gasteiger partial charge in [-0.25, -0.2) is 9.79 Å². The molecule has 0 atom stereocenters. The van der Waals surface area contributed by atoms with Gasteiger partial charge in [-0.2, -0.15) is 0 Å². The first kappa shape index (κ1) is 14.9. The van der Waals surface area contributed by atoms with Crippen molar-refractivity contribution in [2.75, 3.05) is 12.4 Å². The van der Waals surface area contributed by atoms with Crippen LogP contribution in [0.3, 0.4) is 0 Å². The maximum absolute atomic E-state index is 11.4. The van der Waals surface area contributed by atoms with Crippen molar-refractivity contribution < 1.29 is 9.53 Å². The predicted molar refractivity (Wildman–Crippen MR) is 85.0 cm³/mol. The van der Waals surface area contributed by atoms with Crippen LogP contribution in [0.5, 0.6) is 0 Å². The van der Waals surface area contributed by atoms with E-state index in [1.165, 1.54) is 7.11 Å². The van der Waals surface area contributed by atoms with Gasteiger partial charge < -0.3 is 14.6 Å². The van der Waals surface area contributed by atoms with E-state index in [0.717, 1.165) is 5.69 Å². The van der Waals surface area contributed by atoms with E-state index in [0.29, 0.717) is 16.2 Å². The van der Waals surface area contributed by atoms with Crippen molar-refractivity contribution in [3.05, 3.63) is 59.7 Å². The molecule has 0 radical (unpaired) electrons. The van der Waals surface area contributed by atoms with Gasteiger partial charge in [0.15, 0.2) is 5.11 Å². The maximum Gasteiger partial charge on any atom is 0.339 e. The van der Waals surface area contributed by atoms with Gasteiger partial charge in [-0.1, -0.05) is 18.2 Å². The Morgan fingerprint density at radius 1 is 1.24 bits per heavy atom. The molecule has 2 aromatic rings. The molecular weight excluding hydrogens is 286 g/mol. The monoisotopic (exact) mass is 301 g/mol. The number of anilines is 1. The summed E-state index contributed by atoms with van der Waals surface area (Å²) in [6.07, 6.45) is 1.65. The van der Waals surface area contributed by atoms with Gasteiger partial charge in [-0.05, 0) is 36.5 Å². The number of carbonyl (C=O) groups is 1. The van der Waals surface area contributed by atoms with Crippen molar-refractivity contribution in [1.29, 1.82) is 0 Å². The van der Waals surface area contributed by atoms with Crippen LogP contribution in [0.1, 0.15) is 10.4 Å². The Kier molecular flexibility index (Phi) is 4.84. The minimum Gasteiger partial charge on any atom is -0.465 e. The molecule has 0 spiro atoms. The van der Waals surface area contributed by atoms with Crippen LogP contribution in [-0.4, -0.2) is 22.8 Å². The molecule has 0 saturated carbocycles. The molecule has 0 aliphatic heterocycles. The molecule has 0 aliphatic rings. The Balaban J connectivity index is 2.21. The summed E-state index contributed by atoms with van der Waals surface area (Å²) in [5, 5.41) is 3.38. The fourth-order valence-corrected chi connectivity index (χ4v) is 1.94. The quantitative estimate of drug-likeness (QED) is 0.682. The Morgan fingerprint density at radius 3 is 2.57 bits per heavy atom. The summed E-state index contributed by atoms with van der Waals surface area (Å²) in [5.41, 5.74) is 1.97. The van der Waals surface area contributed by atoms with Crippen LogP contribution in [0.2, 0.25) is 0 Å². The van der Waals surface area contributed by atoms with Crippen molar-refractivity contribution in [3.63, 3.8) is 0 Å². The van der Waals surface area contributed by atoms with Crippen LogP contribution >= 0.6 is 12.2 Å². The molecule has 0 saturated heterocycles. The third-order valence-corrected chi connectivity index (χ3v) is 2.96. The van der Waals surface area contributed by atoms with E-state index in [2.05, 4.69) is 15.0 Å². The first-order valence-electron chi connectivity index (χ1n) is 6.26. The maximum atomic E-state index is 11.4. The van der Waals surface area contributed by atoms with Crippen molar-refractivity contribution in [2.24, 2.45) is 12.0 Å². The number of nitrogens with one attached hydrogen (secondary N) is 1. The molecule has 0 unspecified atom stereocenters. The van der Waals surface area contributed by atoms with Gasteiger partial charge in [-0.3, -0.25) is 0 Å². The van der Waals surface area contributed by atoms with Gasteiger partial charge >= 0.3 is 5.97 Å². The van der Waals surface area contributed by atoms with E-state index in [9.17, 15) is 4.79 Å². The lowest BCUT2D eigenvalue weighted by Gasteiger charge is -2.06. The number of aryl methyl sites for hydroxylation is 1. The number of nitrogens with zero attached hydrogens (tertiary/aromatic N) is 2. The van der Waals surface area contributed by atoms with Gasteiger partial charge in [-0.15, -0.1) is 0 Å². The SMILES string of the molecule is COC(=O)c1ccc(=NC(=S)Nc2ccccc2)n(C)c1. The second-order valence-electron chi connectivity index (χ2n) is 4.29. The normalized spacial score (nSPS) is 11.0. The zero-order valence-corrected chi connectivity index (χ0v) is 12.6. The van der Waals surface area contributed by atoms with Crippen molar-refractivity contribution in [1.82, 2.24) is 4.57 Å². The van der Waals surface area contributed by atoms with E-state index in [-0.39, 0.29) is 5.97 Å². The number of benzene rings is 1. The topological polar surface area (TPSA) is 55.6 Å². The molecule has 1 aromatic heterocycles. The minimum atomic E-state index is -0.387. The average molecular weight is 301 g/mol. The molecule has 108 valence electrons. The number of hydrogen-bond donors (Lipinski definition) is 1. The molecule has 2 rings (SSSR count). The van der Waals surface area contributed by atoms with E-state index in [1.54, 1.807) is 29.9 Å². The molecule has 0 bridgehead atoms. The van der Waals surface area contributed by atoms with Crippen LogP contribution in [0.15, 0.2) is 53.7 Å². The van der Waals surface area contributed by atoms with Crippen LogP contribution in [0, 0.1) is 0 Å². The molecule has 1 aromatic carbocycles. The van der Waals surface area contributed by atoms with E-state index in [1.807, 2.05) is 30.3 Å². The van der Waals surface area contributed by atoms with E-state index in [4.69, 9.17) is 12.2 Å². The average Bonchev–Trinajstić information content (AvgIpc) is 2.49. The van der Waals surface area contributed by atoms with Crippen molar-refractivity contribution >= 4 is 29.0 Å². The minimum absolute atomic E-state index is 0.350. The van der Waals surface area contributed by atoms with Gasteiger partial charge in [0.25, 0.3) is 0 Å². The number of pyridine rings is 1. The number of aromatic nitrogens is 1. The zero-order chi connectivity index (χ0) is 15.2. The Morgan fingerprint density at radius 2 is 1.95 bits per heavy atom. The summed E-state index contributed by atoms with van der Waals surface area (Å²) in [7, 11) is 3.13. The Labute approximate surface area is 127 Å². The summed E-state index contributed by atoms with van der Waals surface area (Å²) >= 11 is 5.20. The zero-order valence-electron chi connectivity index (χ0n) is 11.7. The summed E-state index contributed by atoms with van der Waals surface area (Å²) < 4.78 is 6.38. The predicted octanol–water partition coefficient (Wildman–Crippen LogP) is 2.11. The smallest absolute Gasteiger partial charge is 0.339 e. The molecule has 0 fully saturated rings. The number of hydrogen-bond acceptors (Lipinski definition) is 3. The summed E-state index contributed by atoms with van der Waals surface area (Å²) in [4.78, 5) is 15.7. The second kappa shape index (κ2) is 6.81. The number of para-hydroxylation sites is 1. The molecule has 0 aliphatic carbocycles. The molecule has 0 amide bonds. The van der Waals surface area contributed by atoms with Crippen LogP contribution in [-0.2, 0) is 11.8 Å². The van der Waals surface area contributed by atoms with E-state index < -0.39 is 0 Å². The first-order valence-corrected chi connectivity index (χ1v) is 6.67. The van der Waals surface area contributed by atoms with Crippen molar-refractivity contribution in [2.45, 2.75) is 0 Å². The fourth-order valence-electron chi connectivity index (χ4n) is 1.73. The summed E-state index contributed by atoms with van der Waals surface area (Å²) in [6, 6.07) is 12.9. The van der Waals surface area contributed by atoms with Gasteiger partial charge in [0.2, 0.25) is 0 Å². The van der Waals surface area contributed by atoms with Crippen molar-refractivity contribution in [3.8, 4) is 0 Å². The molecular formula is C15H15N3O2S. The molecule has 6 heteroatoms. The van der Waals surface area contributed by atoms with Crippen LogP contribution < -0.4 is 10.8 Å². The second-order valence-corrected chi connectivity index (χ2v) is 4.67. The molecule has 21 heavy (non-hydrogen) atoms. The van der Waals surface area contributed by atoms with Crippen LogP contribution in [0.25, 0.3) is 0 Å². The highest BCUT2D eigenvalue weighted by molar-refractivity contribution is 7.80. The number of carbonyl (C=O) groups excluding carboxylic acids is 1. The summed E-state index contributed by atoms with van der Waals surface area (Å²) in [5.74, 6) is -0.387. The number of rotatable bonds is 2. The number of esters is 1. The highest BCUT2D eigenvalue weighted by Crippen LogP contribution is 2.05. The first-order chi connectivity index (χ1) is 10.1. The fraction of sp³-hybridized carbons (Fsp3) is 0.133. The standard InChI is InChI=1S/C15H15N3O2S/c1-18-10-11(14(19)20-2)8-9-13(18)17-15(21)16-12-6-4-3-5-7-12/h3-10H,1-2H3,(H,16,21). The molecule has 1 heterocycles. The lowest BCUT2D eigenvalue weighted by molar-refractivity contribution is 0.0599. The van der Waals surface area contributed by atoms with Gasteiger partial charge in [0.1, 0.15) is 5.49 Å². The largest absolute Gasteiger partial charge is 0.465 e. The molecule has 5 nitrogen and oxygen atoms in total. The highest BCUT2D eigenvalue weighted by Gasteiger charge is 2.05. The van der Waals surface area contributed by atoms with Crippen LogP contribution in [0.4, 0.5) is 5.69 Å². The summed E-state index contributed by atoms with van der Waals surface area (Å²) in [6.45, 7) is 0. The third-order valence-electron chi connectivity index (χ3n) is 2.77. The molecule has 1 N–H and O–H groups in total. The van der Waals surface area contributed by atoms with Gasteiger partial charge in [0.05, 0.1) is 12.7 Å². The number of thiocarbonyl (C=S) groups is 1. The number of methoxy groups -OCH3 is 1. The van der Waals surface area contributed by atoms with Gasteiger partial charge in [0, 0.05) is 18.9 Å². The highest BCUT2D eigenvalue weighted by atomic mass is 32.1. The van der Waals surface area contributed by atoms with E-state index >= 15 is 0 Å². The Bertz CT molecular complexity index is 723. The number of ether oxygens (including phenoxy) is 1. The third kappa shape index (κ3) is 4.00. The lowest BCUT2D eigenvalue weighted by atomic mass is 10.3. The lowest BCUT2D eigenvalue weighted by Crippen LogP contribution is -2.22. The Hall–Kier alpha value is -2.47.